The number of aliphatic carboxylic acids is 1. The molecule has 0 unspecified atom stereocenters. The molecule has 5 nitrogen and oxygen atoms in total. The summed E-state index contributed by atoms with van der Waals surface area (Å²) in [6.07, 6.45) is 5.00. The summed E-state index contributed by atoms with van der Waals surface area (Å²) in [6.45, 7) is 4.37. The number of hydrogen-bond donors (Lipinski definition) is 2. The second-order valence-electron chi connectivity index (χ2n) is 5.17. The molecule has 0 radical (unpaired) electrons. The van der Waals surface area contributed by atoms with Gasteiger partial charge in [0.1, 0.15) is 17.8 Å². The van der Waals surface area contributed by atoms with Gasteiger partial charge >= 0.3 is 5.97 Å². The average Bonchev–Trinajstić information content (AvgIpc) is 2.44. The molecule has 21 heavy (non-hydrogen) atoms. The highest BCUT2D eigenvalue weighted by Crippen LogP contribution is 2.34. The maximum Gasteiger partial charge on any atom is 0.305 e. The molecular formula is C16H19NO4. The number of rotatable bonds is 5. The van der Waals surface area contributed by atoms with Crippen LogP contribution in [0.5, 0.6) is 5.75 Å². The lowest BCUT2D eigenvalue weighted by atomic mass is 9.95. The summed E-state index contributed by atoms with van der Waals surface area (Å²) in [5.41, 5.74) is 1.63. The number of phenols is 1. The van der Waals surface area contributed by atoms with Crippen molar-refractivity contribution in [2.45, 2.75) is 26.2 Å². The van der Waals surface area contributed by atoms with Crippen LogP contribution in [0.4, 0.5) is 0 Å². The molecule has 0 fully saturated rings. The van der Waals surface area contributed by atoms with Crippen LogP contribution in [0.25, 0.3) is 5.76 Å². The third kappa shape index (κ3) is 3.56. The number of carboxylic acid groups (broad SMARTS) is 1. The van der Waals surface area contributed by atoms with E-state index >= 15 is 0 Å². The first-order chi connectivity index (χ1) is 9.99. The van der Waals surface area contributed by atoms with Crippen LogP contribution in [-0.2, 0) is 9.53 Å². The Labute approximate surface area is 123 Å². The monoisotopic (exact) mass is 289 g/mol. The topological polar surface area (TPSA) is 70.0 Å². The van der Waals surface area contributed by atoms with Crippen LogP contribution in [0.15, 0.2) is 36.9 Å². The number of carboxylic acids is 1. The quantitative estimate of drug-likeness (QED) is 0.871. The summed E-state index contributed by atoms with van der Waals surface area (Å²) in [4.78, 5) is 12.4. The van der Waals surface area contributed by atoms with Gasteiger partial charge in [-0.3, -0.25) is 4.79 Å². The fraction of sp³-hybridized carbons (Fsp3) is 0.312. The van der Waals surface area contributed by atoms with Gasteiger partial charge < -0.3 is 19.8 Å². The summed E-state index contributed by atoms with van der Waals surface area (Å²) in [6, 6.07) is 5.30. The molecule has 5 heteroatoms. The molecule has 1 aliphatic rings. The van der Waals surface area contributed by atoms with Crippen molar-refractivity contribution in [3.63, 3.8) is 0 Å². The largest absolute Gasteiger partial charge is 0.508 e. The van der Waals surface area contributed by atoms with Gasteiger partial charge in [-0.15, -0.1) is 0 Å². The van der Waals surface area contributed by atoms with Crippen molar-refractivity contribution in [3.05, 3.63) is 48.0 Å². The number of aromatic hydroxyl groups is 1. The number of hydrogen-bond acceptors (Lipinski definition) is 4. The van der Waals surface area contributed by atoms with Gasteiger partial charge in [0.05, 0.1) is 6.42 Å². The van der Waals surface area contributed by atoms with E-state index < -0.39 is 5.97 Å². The van der Waals surface area contributed by atoms with Crippen molar-refractivity contribution in [1.82, 2.24) is 4.90 Å². The van der Waals surface area contributed by atoms with Gasteiger partial charge in [0.15, 0.2) is 0 Å². The molecule has 0 saturated carbocycles. The first kappa shape index (κ1) is 15.0. The summed E-state index contributed by atoms with van der Waals surface area (Å²) in [7, 11) is 0. The van der Waals surface area contributed by atoms with Crippen LogP contribution >= 0.6 is 0 Å². The molecule has 1 aromatic carbocycles. The molecule has 0 amide bonds. The van der Waals surface area contributed by atoms with E-state index in [1.807, 2.05) is 19.9 Å². The van der Waals surface area contributed by atoms with Gasteiger partial charge in [-0.2, -0.15) is 0 Å². The first-order valence-corrected chi connectivity index (χ1v) is 6.84. The van der Waals surface area contributed by atoms with Crippen molar-refractivity contribution in [3.8, 4) is 5.75 Å². The van der Waals surface area contributed by atoms with E-state index in [1.165, 1.54) is 6.26 Å². The number of carbonyl (C=O) groups is 1. The zero-order chi connectivity index (χ0) is 15.4. The summed E-state index contributed by atoms with van der Waals surface area (Å²) < 4.78 is 5.53. The Hall–Kier alpha value is -2.43. The molecule has 0 spiro atoms. The smallest absolute Gasteiger partial charge is 0.305 e. The van der Waals surface area contributed by atoms with Crippen LogP contribution in [0, 0.1) is 0 Å². The minimum Gasteiger partial charge on any atom is -0.508 e. The van der Waals surface area contributed by atoms with E-state index in [-0.39, 0.29) is 18.1 Å². The lowest BCUT2D eigenvalue weighted by molar-refractivity contribution is -0.137. The van der Waals surface area contributed by atoms with Gasteiger partial charge in [-0.05, 0) is 12.0 Å². The molecule has 2 rings (SSSR count). The number of ether oxygens (including phenoxy) is 1. The highest BCUT2D eigenvalue weighted by atomic mass is 16.5. The Bertz CT molecular complexity index is 590. The van der Waals surface area contributed by atoms with E-state index in [9.17, 15) is 9.90 Å². The SMILES string of the molecule is CC(C)c1c(O)cccc1C1=CN(CCC(=O)O)C=CO1. The molecule has 0 atom stereocenters. The maximum absolute atomic E-state index is 10.6. The molecule has 1 heterocycles. The van der Waals surface area contributed by atoms with E-state index in [1.54, 1.807) is 29.4 Å². The van der Waals surface area contributed by atoms with Crippen molar-refractivity contribution in [2.24, 2.45) is 0 Å². The minimum absolute atomic E-state index is 0.0468. The van der Waals surface area contributed by atoms with E-state index in [0.717, 1.165) is 11.1 Å². The Kier molecular flexibility index (Phi) is 4.52. The van der Waals surface area contributed by atoms with Gasteiger partial charge in [0, 0.05) is 30.1 Å². The Morgan fingerprint density at radius 3 is 2.81 bits per heavy atom. The number of benzene rings is 1. The van der Waals surface area contributed by atoms with E-state index in [4.69, 9.17) is 9.84 Å². The molecule has 0 aliphatic carbocycles. The minimum atomic E-state index is -0.843. The average molecular weight is 289 g/mol. The molecular weight excluding hydrogens is 270 g/mol. The van der Waals surface area contributed by atoms with Gasteiger partial charge in [-0.1, -0.05) is 26.0 Å². The highest BCUT2D eigenvalue weighted by molar-refractivity contribution is 5.68. The van der Waals surface area contributed by atoms with E-state index in [0.29, 0.717) is 12.3 Å². The molecule has 0 aromatic heterocycles. The summed E-state index contributed by atoms with van der Waals surface area (Å²) in [5.74, 6) is 0.135. The van der Waals surface area contributed by atoms with Crippen LogP contribution < -0.4 is 0 Å². The zero-order valence-electron chi connectivity index (χ0n) is 12.1. The Morgan fingerprint density at radius 2 is 2.14 bits per heavy atom. The van der Waals surface area contributed by atoms with Crippen LogP contribution in [0.2, 0.25) is 0 Å². The zero-order valence-corrected chi connectivity index (χ0v) is 12.1. The van der Waals surface area contributed by atoms with Crippen LogP contribution in [0.3, 0.4) is 0 Å². The van der Waals surface area contributed by atoms with Gasteiger partial charge in [-0.25, -0.2) is 0 Å². The van der Waals surface area contributed by atoms with Crippen LogP contribution in [0.1, 0.15) is 37.3 Å². The Morgan fingerprint density at radius 1 is 1.38 bits per heavy atom. The first-order valence-electron chi connectivity index (χ1n) is 6.84. The van der Waals surface area contributed by atoms with E-state index in [2.05, 4.69) is 0 Å². The van der Waals surface area contributed by atoms with Gasteiger partial charge in [0.2, 0.25) is 0 Å². The number of phenolic OH excluding ortho intramolecular Hbond substituents is 1. The number of nitrogens with zero attached hydrogens (tertiary/aromatic N) is 1. The van der Waals surface area contributed by atoms with Crippen molar-refractivity contribution in [2.75, 3.05) is 6.54 Å². The molecule has 1 aliphatic heterocycles. The molecule has 1 aromatic rings. The summed E-state index contributed by atoms with van der Waals surface area (Å²) >= 11 is 0. The maximum atomic E-state index is 10.6. The third-order valence-corrected chi connectivity index (χ3v) is 3.24. The predicted octanol–water partition coefficient (Wildman–Crippen LogP) is 3.09. The van der Waals surface area contributed by atoms with Crippen molar-refractivity contribution >= 4 is 11.7 Å². The molecule has 0 bridgehead atoms. The van der Waals surface area contributed by atoms with Gasteiger partial charge in [0.25, 0.3) is 0 Å². The molecule has 112 valence electrons. The summed E-state index contributed by atoms with van der Waals surface area (Å²) in [5, 5.41) is 18.8. The normalized spacial score (nSPS) is 14.0. The molecule has 2 N–H and O–H groups in total. The lowest BCUT2D eigenvalue weighted by Gasteiger charge is -2.23. The predicted molar refractivity (Wildman–Crippen MR) is 79.4 cm³/mol. The standard InChI is InChI=1S/C16H19NO4/c1-11(2)16-12(4-3-5-13(16)18)14-10-17(8-9-21-14)7-6-15(19)20/h3-5,8-11,18H,6-7H2,1-2H3,(H,19,20). The second-order valence-corrected chi connectivity index (χ2v) is 5.17. The fourth-order valence-electron chi connectivity index (χ4n) is 2.28. The third-order valence-electron chi connectivity index (χ3n) is 3.24. The molecule has 0 saturated heterocycles. The highest BCUT2D eigenvalue weighted by Gasteiger charge is 2.18. The Balaban J connectivity index is 2.29. The van der Waals surface area contributed by atoms with Crippen LogP contribution in [-0.4, -0.2) is 27.6 Å². The van der Waals surface area contributed by atoms with Crippen molar-refractivity contribution < 1.29 is 19.7 Å². The second kappa shape index (κ2) is 6.35. The fourth-order valence-corrected chi connectivity index (χ4v) is 2.28. The lowest BCUT2D eigenvalue weighted by Crippen LogP contribution is -2.18. The van der Waals surface area contributed by atoms with Crippen molar-refractivity contribution in [1.29, 1.82) is 0 Å².